The van der Waals surface area contributed by atoms with Crippen LogP contribution in [0, 0.1) is 6.92 Å². The molecule has 0 spiro atoms. The van der Waals surface area contributed by atoms with Crippen molar-refractivity contribution < 1.29 is 0 Å². The summed E-state index contributed by atoms with van der Waals surface area (Å²) in [5.41, 5.74) is 3.77. The Morgan fingerprint density at radius 2 is 1.69 bits per heavy atom. The Bertz CT molecular complexity index is 1270. The van der Waals surface area contributed by atoms with Gasteiger partial charge in [-0.25, -0.2) is 19.9 Å². The van der Waals surface area contributed by atoms with Crippen LogP contribution in [0.25, 0.3) is 11.5 Å². The number of anilines is 5. The first-order valence-electron chi connectivity index (χ1n) is 11.8. The molecular weight excluding hydrogens is 438 g/mol. The first kappa shape index (κ1) is 22.7. The van der Waals surface area contributed by atoms with Crippen molar-refractivity contribution in [3.8, 4) is 11.5 Å². The zero-order chi connectivity index (χ0) is 24.0. The largest absolute Gasteiger partial charge is 0.370 e. The van der Waals surface area contributed by atoms with Gasteiger partial charge >= 0.3 is 0 Å². The van der Waals surface area contributed by atoms with Crippen molar-refractivity contribution in [3.05, 3.63) is 72.7 Å². The third-order valence-corrected chi connectivity index (χ3v) is 6.03. The minimum absolute atomic E-state index is 0.502. The van der Waals surface area contributed by atoms with Crippen LogP contribution >= 0.6 is 0 Å². The van der Waals surface area contributed by atoms with Crippen LogP contribution in [0.5, 0.6) is 0 Å². The summed E-state index contributed by atoms with van der Waals surface area (Å²) in [5, 5.41) is 9.99. The van der Waals surface area contributed by atoms with E-state index in [4.69, 9.17) is 0 Å². The van der Waals surface area contributed by atoms with Gasteiger partial charge < -0.3 is 20.9 Å². The maximum absolute atomic E-state index is 4.58. The number of aryl methyl sites for hydroxylation is 1. The number of piperidine rings is 1. The van der Waals surface area contributed by atoms with E-state index in [1.54, 1.807) is 24.5 Å². The fourth-order valence-corrected chi connectivity index (χ4v) is 4.12. The second kappa shape index (κ2) is 10.4. The van der Waals surface area contributed by atoms with Crippen molar-refractivity contribution in [2.75, 3.05) is 35.7 Å². The van der Waals surface area contributed by atoms with Gasteiger partial charge in [-0.15, -0.1) is 0 Å². The van der Waals surface area contributed by atoms with Crippen molar-refractivity contribution in [3.63, 3.8) is 0 Å². The number of hydrogen-bond donors (Lipinski definition) is 3. The summed E-state index contributed by atoms with van der Waals surface area (Å²) in [4.78, 5) is 24.7. The minimum atomic E-state index is 0.502. The van der Waals surface area contributed by atoms with E-state index in [1.807, 2.05) is 25.1 Å². The van der Waals surface area contributed by atoms with E-state index in [0.29, 0.717) is 29.5 Å². The smallest absolute Gasteiger partial charge is 0.229 e. The first-order valence-corrected chi connectivity index (χ1v) is 11.8. The van der Waals surface area contributed by atoms with Crippen molar-refractivity contribution in [2.24, 2.45) is 0 Å². The van der Waals surface area contributed by atoms with E-state index in [9.17, 15) is 0 Å². The van der Waals surface area contributed by atoms with E-state index in [-0.39, 0.29) is 0 Å². The first-order chi connectivity index (χ1) is 17.1. The monoisotopic (exact) mass is 467 g/mol. The molecule has 1 aliphatic rings. The van der Waals surface area contributed by atoms with Gasteiger partial charge in [0.1, 0.15) is 17.3 Å². The summed E-state index contributed by atoms with van der Waals surface area (Å²) in [6.45, 7) is 4.09. The third-order valence-electron chi connectivity index (χ3n) is 6.03. The van der Waals surface area contributed by atoms with E-state index in [2.05, 4.69) is 77.1 Å². The van der Waals surface area contributed by atoms with Crippen molar-refractivity contribution in [1.29, 1.82) is 0 Å². The zero-order valence-corrected chi connectivity index (χ0v) is 19.9. The van der Waals surface area contributed by atoms with Gasteiger partial charge in [0.2, 0.25) is 5.95 Å². The molecule has 1 aliphatic heterocycles. The molecule has 1 fully saturated rings. The lowest BCUT2D eigenvalue weighted by Gasteiger charge is -2.33. The molecule has 9 nitrogen and oxygen atoms in total. The van der Waals surface area contributed by atoms with Crippen molar-refractivity contribution in [1.82, 2.24) is 30.2 Å². The van der Waals surface area contributed by atoms with Crippen LogP contribution in [-0.4, -0.2) is 51.1 Å². The van der Waals surface area contributed by atoms with Gasteiger partial charge in [0.25, 0.3) is 0 Å². The second-order valence-electron chi connectivity index (χ2n) is 8.60. The van der Waals surface area contributed by atoms with Crippen molar-refractivity contribution >= 4 is 29.0 Å². The van der Waals surface area contributed by atoms with E-state index in [1.165, 1.54) is 18.5 Å². The lowest BCUT2D eigenvalue weighted by atomic mass is 10.1. The summed E-state index contributed by atoms with van der Waals surface area (Å²) < 4.78 is 0. The van der Waals surface area contributed by atoms with Crippen LogP contribution < -0.4 is 20.9 Å². The summed E-state index contributed by atoms with van der Waals surface area (Å²) in [6.07, 6.45) is 5.85. The standard InChI is InChI=1S/C26H29N9/c1-18-5-3-7-22(30-18)25-28-15-12-23(33-25)32-24-13-16-29-26(34-24)31-19-8-10-20(11-9-19)35(2)21-6-4-14-27-17-21/h3,5,7-13,15-16,21,27H,4,6,14,17H2,1-2H3,(H2,28,29,31,32,33,34). The lowest BCUT2D eigenvalue weighted by Crippen LogP contribution is -2.44. The van der Waals surface area contributed by atoms with Crippen LogP contribution in [0.15, 0.2) is 67.0 Å². The van der Waals surface area contributed by atoms with Crippen LogP contribution in [0.3, 0.4) is 0 Å². The number of benzene rings is 1. The summed E-state index contributed by atoms with van der Waals surface area (Å²) in [7, 11) is 2.16. The molecule has 0 bridgehead atoms. The van der Waals surface area contributed by atoms with Crippen LogP contribution in [-0.2, 0) is 0 Å². The SMILES string of the molecule is Cc1cccc(-c2nccc(Nc3ccnc(Nc4ccc(N(C)C5CCCNC5)cc4)n3)n2)n1. The Hall–Kier alpha value is -4.11. The van der Waals surface area contributed by atoms with E-state index < -0.39 is 0 Å². The predicted octanol–water partition coefficient (Wildman–Crippen LogP) is 4.31. The molecule has 5 rings (SSSR count). The maximum Gasteiger partial charge on any atom is 0.229 e. The molecule has 1 saturated heterocycles. The highest BCUT2D eigenvalue weighted by atomic mass is 15.2. The summed E-state index contributed by atoms with van der Waals surface area (Å²) >= 11 is 0. The Balaban J connectivity index is 1.25. The normalized spacial score (nSPS) is 15.4. The lowest BCUT2D eigenvalue weighted by molar-refractivity contribution is 0.445. The van der Waals surface area contributed by atoms with Gasteiger partial charge in [-0.3, -0.25) is 0 Å². The number of nitrogens with zero attached hydrogens (tertiary/aromatic N) is 6. The number of pyridine rings is 1. The van der Waals surface area contributed by atoms with Gasteiger partial charge in [-0.05, 0) is 74.8 Å². The topological polar surface area (TPSA) is 104 Å². The van der Waals surface area contributed by atoms with E-state index in [0.717, 1.165) is 30.2 Å². The Kier molecular flexibility index (Phi) is 6.76. The van der Waals surface area contributed by atoms with Crippen molar-refractivity contribution in [2.45, 2.75) is 25.8 Å². The van der Waals surface area contributed by atoms with Crippen LogP contribution in [0.2, 0.25) is 0 Å². The fourth-order valence-electron chi connectivity index (χ4n) is 4.12. The predicted molar refractivity (Wildman–Crippen MR) is 139 cm³/mol. The zero-order valence-electron chi connectivity index (χ0n) is 19.9. The summed E-state index contributed by atoms with van der Waals surface area (Å²) in [5.74, 6) is 2.32. The highest BCUT2D eigenvalue weighted by Crippen LogP contribution is 2.23. The van der Waals surface area contributed by atoms with Gasteiger partial charge in [-0.1, -0.05) is 6.07 Å². The molecular formula is C26H29N9. The number of hydrogen-bond acceptors (Lipinski definition) is 9. The average molecular weight is 468 g/mol. The Labute approximate surface area is 205 Å². The molecule has 178 valence electrons. The molecule has 1 unspecified atom stereocenters. The third kappa shape index (κ3) is 5.70. The molecule has 35 heavy (non-hydrogen) atoms. The Morgan fingerprint density at radius 1 is 0.886 bits per heavy atom. The molecule has 9 heteroatoms. The van der Waals surface area contributed by atoms with Gasteiger partial charge in [0.15, 0.2) is 5.82 Å². The molecule has 4 aromatic rings. The highest BCUT2D eigenvalue weighted by molar-refractivity contribution is 5.61. The quantitative estimate of drug-likeness (QED) is 0.367. The molecule has 0 amide bonds. The second-order valence-corrected chi connectivity index (χ2v) is 8.60. The van der Waals surface area contributed by atoms with E-state index >= 15 is 0 Å². The molecule has 3 N–H and O–H groups in total. The number of rotatable bonds is 7. The molecule has 0 aliphatic carbocycles. The number of likely N-dealkylation sites (N-methyl/N-ethyl adjacent to an activating group) is 1. The Morgan fingerprint density at radius 3 is 2.46 bits per heavy atom. The van der Waals surface area contributed by atoms with Gasteiger partial charge in [0.05, 0.1) is 0 Å². The minimum Gasteiger partial charge on any atom is -0.370 e. The van der Waals surface area contributed by atoms with Crippen LogP contribution in [0.4, 0.5) is 29.0 Å². The van der Waals surface area contributed by atoms with Gasteiger partial charge in [0, 0.05) is 49.1 Å². The van der Waals surface area contributed by atoms with Crippen LogP contribution in [0.1, 0.15) is 18.5 Å². The molecule has 1 atom stereocenters. The average Bonchev–Trinajstić information content (AvgIpc) is 2.90. The number of nitrogens with one attached hydrogen (secondary N) is 3. The molecule has 0 radical (unpaired) electrons. The molecule has 3 aromatic heterocycles. The highest BCUT2D eigenvalue weighted by Gasteiger charge is 2.18. The van der Waals surface area contributed by atoms with Gasteiger partial charge in [-0.2, -0.15) is 4.98 Å². The molecule has 0 saturated carbocycles. The molecule has 1 aromatic carbocycles. The number of aromatic nitrogens is 5. The molecule has 4 heterocycles. The fraction of sp³-hybridized carbons (Fsp3) is 0.269. The summed E-state index contributed by atoms with van der Waals surface area (Å²) in [6, 6.07) is 18.3. The maximum atomic E-state index is 4.58.